The van der Waals surface area contributed by atoms with Crippen LogP contribution in [-0.4, -0.2) is 34.8 Å². The third kappa shape index (κ3) is 5.65. The van der Waals surface area contributed by atoms with E-state index in [0.29, 0.717) is 23.9 Å². The molecule has 1 fully saturated rings. The number of phenols is 1. The number of H-pyrrole nitrogens is 1. The van der Waals surface area contributed by atoms with E-state index in [0.717, 1.165) is 24.3 Å². The van der Waals surface area contributed by atoms with Crippen LogP contribution in [0.3, 0.4) is 0 Å². The normalized spacial score (nSPS) is 14.3. The molecule has 1 aliphatic carbocycles. The maximum Gasteiger partial charge on any atom is 0.349 e. The summed E-state index contributed by atoms with van der Waals surface area (Å²) in [5.41, 5.74) is -4.35. The topological polar surface area (TPSA) is 167 Å². The van der Waals surface area contributed by atoms with Crippen LogP contribution in [0.4, 0.5) is 8.78 Å². The second kappa shape index (κ2) is 10.3. The van der Waals surface area contributed by atoms with Gasteiger partial charge in [-0.15, -0.1) is 0 Å². The zero-order valence-electron chi connectivity index (χ0n) is 19.0. The molecular formula is C22H17Cl2F2N5O6S. The lowest BCUT2D eigenvalue weighted by atomic mass is 10.1. The van der Waals surface area contributed by atoms with Crippen LogP contribution in [0.15, 0.2) is 44.8 Å². The number of phenolic OH excluding ortho intramolecular Hbond substituents is 1. The van der Waals surface area contributed by atoms with Gasteiger partial charge in [0, 0.05) is 12.6 Å². The van der Waals surface area contributed by atoms with Gasteiger partial charge in [-0.05, 0) is 43.5 Å². The van der Waals surface area contributed by atoms with Crippen molar-refractivity contribution in [3.63, 3.8) is 0 Å². The molecule has 38 heavy (non-hydrogen) atoms. The first-order valence-corrected chi connectivity index (χ1v) is 13.0. The molecule has 200 valence electrons. The van der Waals surface area contributed by atoms with Crippen molar-refractivity contribution in [2.45, 2.75) is 30.6 Å². The smallest absolute Gasteiger partial charge is 0.349 e. The number of halogens is 4. The Morgan fingerprint density at radius 1 is 1.24 bits per heavy atom. The number of nitrogens with zero attached hydrogens (tertiary/aromatic N) is 3. The molecular weight excluding hydrogens is 571 g/mol. The SMILES string of the molecule is N#CC1(CCNS(=O)(=O)c2cc(Oc3c(Cl)cc(-n4nc(C(F)F)c(=O)[nH]c4=O)cc3Cl)ccc2O)CC1. The van der Waals surface area contributed by atoms with Gasteiger partial charge >= 0.3 is 5.69 Å². The van der Waals surface area contributed by atoms with Crippen molar-refractivity contribution in [3.05, 3.63) is 66.9 Å². The summed E-state index contributed by atoms with van der Waals surface area (Å²) in [5, 5.41) is 22.2. The van der Waals surface area contributed by atoms with E-state index in [-0.39, 0.29) is 33.8 Å². The zero-order valence-corrected chi connectivity index (χ0v) is 21.4. The van der Waals surface area contributed by atoms with Gasteiger partial charge in [-0.3, -0.25) is 9.78 Å². The van der Waals surface area contributed by atoms with Crippen LogP contribution in [0, 0.1) is 16.7 Å². The van der Waals surface area contributed by atoms with Crippen LogP contribution >= 0.6 is 23.2 Å². The number of alkyl halides is 2. The number of nitriles is 1. The highest BCUT2D eigenvalue weighted by Gasteiger charge is 2.42. The number of ether oxygens (including phenoxy) is 1. The van der Waals surface area contributed by atoms with Crippen LogP contribution < -0.4 is 20.7 Å². The Balaban J connectivity index is 1.60. The first kappa shape index (κ1) is 27.5. The summed E-state index contributed by atoms with van der Waals surface area (Å²) < 4.78 is 60.0. The van der Waals surface area contributed by atoms with Gasteiger partial charge in [0.1, 0.15) is 16.4 Å². The second-order valence-electron chi connectivity index (χ2n) is 8.37. The van der Waals surface area contributed by atoms with Crippen LogP contribution in [0.2, 0.25) is 10.0 Å². The molecule has 1 saturated carbocycles. The van der Waals surface area contributed by atoms with E-state index in [1.807, 2.05) is 0 Å². The molecule has 0 amide bonds. The lowest BCUT2D eigenvalue weighted by Gasteiger charge is -2.14. The Morgan fingerprint density at radius 3 is 2.47 bits per heavy atom. The van der Waals surface area contributed by atoms with Crippen LogP contribution in [0.25, 0.3) is 5.69 Å². The third-order valence-electron chi connectivity index (χ3n) is 5.71. The van der Waals surface area contributed by atoms with Gasteiger partial charge in [0.25, 0.3) is 12.0 Å². The van der Waals surface area contributed by atoms with Crippen molar-refractivity contribution in [1.29, 1.82) is 5.26 Å². The Bertz CT molecular complexity index is 1660. The molecule has 0 unspecified atom stereocenters. The summed E-state index contributed by atoms with van der Waals surface area (Å²) in [4.78, 5) is 24.9. The lowest BCUT2D eigenvalue weighted by Crippen LogP contribution is -2.34. The summed E-state index contributed by atoms with van der Waals surface area (Å²) in [6.45, 7) is -0.00896. The number of aromatic amines is 1. The largest absolute Gasteiger partial charge is 0.507 e. The van der Waals surface area contributed by atoms with Gasteiger partial charge < -0.3 is 9.84 Å². The number of hydrogen-bond donors (Lipinski definition) is 3. The Morgan fingerprint density at radius 2 is 1.89 bits per heavy atom. The number of sulfonamides is 1. The quantitative estimate of drug-likeness (QED) is 0.341. The Labute approximate surface area is 223 Å². The van der Waals surface area contributed by atoms with E-state index in [1.165, 1.54) is 6.07 Å². The van der Waals surface area contributed by atoms with E-state index in [4.69, 9.17) is 33.2 Å². The van der Waals surface area contributed by atoms with Gasteiger partial charge in [-0.2, -0.15) is 15.0 Å². The first-order valence-electron chi connectivity index (χ1n) is 10.8. The molecule has 11 nitrogen and oxygen atoms in total. The number of aromatic hydroxyl groups is 1. The summed E-state index contributed by atoms with van der Waals surface area (Å²) >= 11 is 12.5. The fourth-order valence-corrected chi connectivity index (χ4v) is 5.15. The average molecular weight is 588 g/mol. The molecule has 1 aliphatic rings. The Hall–Kier alpha value is -3.51. The van der Waals surface area contributed by atoms with Crippen molar-refractivity contribution >= 4 is 33.2 Å². The van der Waals surface area contributed by atoms with Gasteiger partial charge in [0.05, 0.1) is 27.2 Å². The van der Waals surface area contributed by atoms with Gasteiger partial charge in [-0.1, -0.05) is 23.2 Å². The van der Waals surface area contributed by atoms with E-state index in [2.05, 4.69) is 15.9 Å². The van der Waals surface area contributed by atoms with Gasteiger partial charge in [0.2, 0.25) is 10.0 Å². The van der Waals surface area contributed by atoms with E-state index in [9.17, 15) is 31.9 Å². The minimum atomic E-state index is -4.18. The highest BCUT2D eigenvalue weighted by Crippen LogP contribution is 2.47. The summed E-state index contributed by atoms with van der Waals surface area (Å²) in [6.07, 6.45) is -1.54. The van der Waals surface area contributed by atoms with Gasteiger partial charge in [-0.25, -0.2) is 26.7 Å². The van der Waals surface area contributed by atoms with Crippen molar-refractivity contribution in [2.75, 3.05) is 6.54 Å². The molecule has 0 spiro atoms. The lowest BCUT2D eigenvalue weighted by molar-refractivity contribution is 0.141. The average Bonchev–Trinajstić information content (AvgIpc) is 3.62. The molecule has 0 aliphatic heterocycles. The monoisotopic (exact) mass is 587 g/mol. The summed E-state index contributed by atoms with van der Waals surface area (Å²) in [5.74, 6) is -0.831. The minimum Gasteiger partial charge on any atom is -0.507 e. The van der Waals surface area contributed by atoms with E-state index >= 15 is 0 Å². The second-order valence-corrected chi connectivity index (χ2v) is 10.9. The molecule has 0 radical (unpaired) electrons. The number of hydrogen-bond acceptors (Lipinski definition) is 8. The summed E-state index contributed by atoms with van der Waals surface area (Å²) in [6, 6.07) is 7.72. The minimum absolute atomic E-state index is 0.00896. The molecule has 0 saturated heterocycles. The molecule has 3 N–H and O–H groups in total. The molecule has 1 heterocycles. The molecule has 4 rings (SSSR count). The highest BCUT2D eigenvalue weighted by molar-refractivity contribution is 7.89. The number of nitrogens with one attached hydrogen (secondary N) is 2. The number of aromatic nitrogens is 3. The van der Waals surface area contributed by atoms with Crippen LogP contribution in [-0.2, 0) is 10.0 Å². The maximum atomic E-state index is 13.1. The van der Waals surface area contributed by atoms with E-state index < -0.39 is 49.5 Å². The fraction of sp³-hybridized carbons (Fsp3) is 0.273. The molecule has 16 heteroatoms. The Kier molecular flexibility index (Phi) is 7.48. The van der Waals surface area contributed by atoms with Crippen molar-refractivity contribution in [2.24, 2.45) is 5.41 Å². The molecule has 0 atom stereocenters. The summed E-state index contributed by atoms with van der Waals surface area (Å²) in [7, 11) is -4.18. The highest BCUT2D eigenvalue weighted by atomic mass is 35.5. The molecule has 0 bridgehead atoms. The van der Waals surface area contributed by atoms with Crippen LogP contribution in [0.5, 0.6) is 17.2 Å². The zero-order chi connectivity index (χ0) is 27.8. The van der Waals surface area contributed by atoms with E-state index in [1.54, 1.807) is 4.98 Å². The van der Waals surface area contributed by atoms with Crippen molar-refractivity contribution in [1.82, 2.24) is 19.5 Å². The number of benzene rings is 2. The predicted molar refractivity (Wildman–Crippen MR) is 131 cm³/mol. The third-order valence-corrected chi connectivity index (χ3v) is 7.77. The fourth-order valence-electron chi connectivity index (χ4n) is 3.46. The standard InChI is InChI=1S/C22H17Cl2F2N5O6S/c23-13-7-11(31-21(34)29-20(33)17(30-31)19(25)26)8-14(24)18(13)37-12-1-2-15(32)16(9-12)38(35,36)28-6-5-22(10-27)3-4-22/h1-2,7-9,19,28,32H,3-6H2,(H,29,33,34). The van der Waals surface area contributed by atoms with Gasteiger partial charge in [0.15, 0.2) is 11.4 Å². The van der Waals surface area contributed by atoms with Crippen LogP contribution in [0.1, 0.15) is 31.4 Å². The molecule has 3 aromatic rings. The first-order chi connectivity index (χ1) is 17.9. The molecule has 1 aromatic heterocycles. The number of rotatable bonds is 9. The predicted octanol–water partition coefficient (Wildman–Crippen LogP) is 3.64. The van der Waals surface area contributed by atoms with Crippen molar-refractivity contribution in [3.8, 4) is 29.0 Å². The van der Waals surface area contributed by atoms with Crippen molar-refractivity contribution < 1.29 is 27.0 Å². The molecule has 2 aromatic carbocycles. The maximum absolute atomic E-state index is 13.1.